The molecule has 58 heavy (non-hydrogen) atoms. The second-order valence-electron chi connectivity index (χ2n) is 15.2. The number of hydrogen-bond acceptors (Lipinski definition) is 4. The minimum absolute atomic E-state index is 0.142. The van der Waals surface area contributed by atoms with Crippen LogP contribution in [-0.4, -0.2) is 19.5 Å². The Bertz CT molecular complexity index is 3430. The summed E-state index contributed by atoms with van der Waals surface area (Å²) in [5.74, 6) is 2.75. The van der Waals surface area contributed by atoms with E-state index in [-0.39, 0.29) is 5.92 Å². The van der Waals surface area contributed by atoms with E-state index in [1.807, 2.05) is 18.2 Å². The summed E-state index contributed by atoms with van der Waals surface area (Å²) in [4.78, 5) is 15.5. The average Bonchev–Trinajstić information content (AvgIpc) is 3.83. The van der Waals surface area contributed by atoms with E-state index in [1.165, 1.54) is 38.1 Å². The van der Waals surface area contributed by atoms with E-state index < -0.39 is 0 Å². The highest BCUT2D eigenvalue weighted by molar-refractivity contribution is 6.14. The summed E-state index contributed by atoms with van der Waals surface area (Å²) in [6.07, 6.45) is 5.03. The third-order valence-corrected chi connectivity index (χ3v) is 11.7. The molecule has 12 rings (SSSR count). The SMILES string of the molecule is C1=Cc2oc3ccc(-n4c5ccc(-c6ccccc6)cc5c5cc6ccccc6cc54)cc3c2C(c2nc(-c3ccccc3)nc(-c3ccc4ccccc4c3)n2)C1. The van der Waals surface area contributed by atoms with Gasteiger partial charge in [0.25, 0.3) is 0 Å². The predicted molar refractivity (Wildman–Crippen MR) is 237 cm³/mol. The second kappa shape index (κ2) is 13.0. The third kappa shape index (κ3) is 5.28. The summed E-state index contributed by atoms with van der Waals surface area (Å²) in [7, 11) is 0. The molecule has 0 aliphatic heterocycles. The van der Waals surface area contributed by atoms with Gasteiger partial charge in [0.1, 0.15) is 17.2 Å². The first-order valence-corrected chi connectivity index (χ1v) is 19.8. The Morgan fingerprint density at radius 2 is 1.12 bits per heavy atom. The van der Waals surface area contributed by atoms with Crippen molar-refractivity contribution in [2.45, 2.75) is 12.3 Å². The molecule has 0 saturated heterocycles. The van der Waals surface area contributed by atoms with Crippen molar-refractivity contribution in [3.8, 4) is 39.6 Å². The van der Waals surface area contributed by atoms with Crippen LogP contribution in [0.5, 0.6) is 0 Å². The minimum atomic E-state index is -0.142. The Hall–Kier alpha value is -7.63. The van der Waals surface area contributed by atoms with Crippen molar-refractivity contribution < 1.29 is 4.42 Å². The van der Waals surface area contributed by atoms with Crippen molar-refractivity contribution in [3.63, 3.8) is 0 Å². The van der Waals surface area contributed by atoms with Gasteiger partial charge in [-0.05, 0) is 93.7 Å². The average molecular weight is 743 g/mol. The van der Waals surface area contributed by atoms with Gasteiger partial charge in [0.2, 0.25) is 0 Å². The van der Waals surface area contributed by atoms with Gasteiger partial charge in [-0.15, -0.1) is 0 Å². The van der Waals surface area contributed by atoms with Gasteiger partial charge < -0.3 is 8.98 Å². The number of allylic oxidation sites excluding steroid dienone is 1. The molecule has 0 saturated carbocycles. The first-order chi connectivity index (χ1) is 28.7. The lowest BCUT2D eigenvalue weighted by atomic mass is 9.88. The molecule has 272 valence electrons. The van der Waals surface area contributed by atoms with E-state index in [4.69, 9.17) is 19.4 Å². The number of fused-ring (bicyclic) bond motifs is 8. The Morgan fingerprint density at radius 1 is 0.466 bits per heavy atom. The van der Waals surface area contributed by atoms with Crippen LogP contribution >= 0.6 is 0 Å². The number of furan rings is 1. The van der Waals surface area contributed by atoms with Crippen molar-refractivity contribution in [3.05, 3.63) is 199 Å². The molecule has 3 aromatic heterocycles. The van der Waals surface area contributed by atoms with E-state index in [0.29, 0.717) is 11.6 Å². The molecular weight excluding hydrogens is 709 g/mol. The largest absolute Gasteiger partial charge is 0.456 e. The number of hydrogen-bond donors (Lipinski definition) is 0. The van der Waals surface area contributed by atoms with Crippen molar-refractivity contribution in [1.29, 1.82) is 0 Å². The van der Waals surface area contributed by atoms with Crippen LogP contribution in [0.1, 0.15) is 29.5 Å². The fraction of sp³-hybridized carbons (Fsp3) is 0.0377. The van der Waals surface area contributed by atoms with Crippen LogP contribution in [0.3, 0.4) is 0 Å². The van der Waals surface area contributed by atoms with Gasteiger partial charge in [-0.2, -0.15) is 0 Å². The van der Waals surface area contributed by atoms with Gasteiger partial charge in [-0.25, -0.2) is 15.0 Å². The van der Waals surface area contributed by atoms with Crippen molar-refractivity contribution in [2.75, 3.05) is 0 Å². The maximum atomic E-state index is 6.62. The molecule has 3 heterocycles. The van der Waals surface area contributed by atoms with Gasteiger partial charge in [0, 0.05) is 38.5 Å². The van der Waals surface area contributed by atoms with Gasteiger partial charge in [0.05, 0.1) is 17.0 Å². The Morgan fingerprint density at radius 3 is 1.91 bits per heavy atom. The van der Waals surface area contributed by atoms with Crippen LogP contribution in [0.4, 0.5) is 0 Å². The highest BCUT2D eigenvalue weighted by atomic mass is 16.3. The lowest BCUT2D eigenvalue weighted by Gasteiger charge is -2.19. The van der Waals surface area contributed by atoms with E-state index >= 15 is 0 Å². The smallest absolute Gasteiger partial charge is 0.163 e. The Labute approximate surface area is 334 Å². The molecular formula is C53H34N4O. The topological polar surface area (TPSA) is 56.7 Å². The van der Waals surface area contributed by atoms with Crippen LogP contribution in [-0.2, 0) is 0 Å². The number of nitrogens with zero attached hydrogens (tertiary/aromatic N) is 4. The molecule has 1 aliphatic rings. The zero-order chi connectivity index (χ0) is 38.2. The van der Waals surface area contributed by atoms with E-state index in [2.05, 4.69) is 174 Å². The van der Waals surface area contributed by atoms with Crippen molar-refractivity contribution >= 4 is 60.4 Å². The lowest BCUT2D eigenvalue weighted by molar-refractivity contribution is 0.586. The zero-order valence-corrected chi connectivity index (χ0v) is 31.4. The summed E-state index contributed by atoms with van der Waals surface area (Å²) < 4.78 is 9.03. The molecule has 8 aromatic carbocycles. The molecule has 0 radical (unpaired) electrons. The first-order valence-electron chi connectivity index (χ1n) is 19.8. The van der Waals surface area contributed by atoms with Crippen LogP contribution in [0, 0.1) is 0 Å². The molecule has 0 bridgehead atoms. The van der Waals surface area contributed by atoms with Gasteiger partial charge in [-0.3, -0.25) is 0 Å². The standard InChI is InChI=1S/C53H34N4O/c1-3-12-33(13-4-1)39-24-26-46-43(30-39)44-29-37-18-9-10-19-38(37)31-47(44)57(46)41-25-27-48-45(32-41)50-42(20-11-21-49(50)58-48)53-55-51(35-15-5-2-6-16-35)54-52(56-53)40-23-22-34-14-7-8-17-36(34)28-40/h1-19,21-32,42H,20H2. The molecule has 1 aliphatic carbocycles. The molecule has 1 atom stereocenters. The summed E-state index contributed by atoms with van der Waals surface area (Å²) in [5, 5.41) is 8.27. The van der Waals surface area contributed by atoms with Gasteiger partial charge in [0.15, 0.2) is 11.6 Å². The van der Waals surface area contributed by atoms with Crippen molar-refractivity contribution in [1.82, 2.24) is 19.5 Å². The molecule has 5 nitrogen and oxygen atoms in total. The maximum Gasteiger partial charge on any atom is 0.163 e. The lowest BCUT2D eigenvalue weighted by Crippen LogP contribution is -2.11. The minimum Gasteiger partial charge on any atom is -0.456 e. The monoisotopic (exact) mass is 742 g/mol. The maximum absolute atomic E-state index is 6.62. The molecule has 1 unspecified atom stereocenters. The number of aromatic nitrogens is 4. The predicted octanol–water partition coefficient (Wildman–Crippen LogP) is 13.6. The molecule has 5 heteroatoms. The summed E-state index contributed by atoms with van der Waals surface area (Å²) in [5.41, 5.74) is 9.65. The number of rotatable bonds is 5. The fourth-order valence-corrected chi connectivity index (χ4v) is 8.93. The molecule has 0 N–H and O–H groups in total. The van der Waals surface area contributed by atoms with Crippen LogP contribution in [0.2, 0.25) is 0 Å². The normalized spacial score (nSPS) is 13.9. The highest BCUT2D eigenvalue weighted by Crippen LogP contribution is 2.43. The summed E-state index contributed by atoms with van der Waals surface area (Å²) >= 11 is 0. The second-order valence-corrected chi connectivity index (χ2v) is 15.2. The molecule has 0 spiro atoms. The third-order valence-electron chi connectivity index (χ3n) is 11.7. The Kier molecular flexibility index (Phi) is 7.29. The van der Waals surface area contributed by atoms with Crippen LogP contribution in [0.25, 0.3) is 100.0 Å². The van der Waals surface area contributed by atoms with E-state index in [1.54, 1.807) is 0 Å². The molecule has 0 amide bonds. The zero-order valence-electron chi connectivity index (χ0n) is 31.4. The van der Waals surface area contributed by atoms with Crippen molar-refractivity contribution in [2.24, 2.45) is 0 Å². The number of benzene rings is 8. The first kappa shape index (κ1) is 32.6. The molecule has 11 aromatic rings. The Balaban J connectivity index is 1.05. The summed E-state index contributed by atoms with van der Waals surface area (Å²) in [6.45, 7) is 0. The van der Waals surface area contributed by atoms with Gasteiger partial charge >= 0.3 is 0 Å². The highest BCUT2D eigenvalue weighted by Gasteiger charge is 2.29. The molecule has 0 fully saturated rings. The van der Waals surface area contributed by atoms with Gasteiger partial charge in [-0.1, -0.05) is 133 Å². The van der Waals surface area contributed by atoms with E-state index in [9.17, 15) is 0 Å². The van der Waals surface area contributed by atoms with E-state index in [0.717, 1.165) is 67.8 Å². The fourth-order valence-electron chi connectivity index (χ4n) is 8.93. The summed E-state index contributed by atoms with van der Waals surface area (Å²) in [6, 6.07) is 62.4. The quantitative estimate of drug-likeness (QED) is 0.176. The van der Waals surface area contributed by atoms with Crippen LogP contribution < -0.4 is 0 Å². The van der Waals surface area contributed by atoms with Crippen LogP contribution in [0.15, 0.2) is 186 Å².